The molecular weight excluding hydrogens is 166 g/mol. The highest BCUT2D eigenvalue weighted by Crippen LogP contribution is 2.37. The van der Waals surface area contributed by atoms with Gasteiger partial charge in [0.1, 0.15) is 0 Å². The normalized spacial score (nSPS) is 19.8. The SMILES string of the molecule is CCCc1noc(C2(N)CCC2)n1. The van der Waals surface area contributed by atoms with E-state index < -0.39 is 0 Å². The molecule has 1 heterocycles. The van der Waals surface area contributed by atoms with E-state index >= 15 is 0 Å². The third-order valence-electron chi connectivity index (χ3n) is 2.61. The molecule has 2 N–H and O–H groups in total. The molecule has 13 heavy (non-hydrogen) atoms. The lowest BCUT2D eigenvalue weighted by atomic mass is 9.78. The summed E-state index contributed by atoms with van der Waals surface area (Å²) in [7, 11) is 0. The maximum absolute atomic E-state index is 6.04. The number of aromatic nitrogens is 2. The monoisotopic (exact) mass is 181 g/mol. The standard InChI is InChI=1S/C9H15N3O/c1-2-4-7-11-8(13-12-7)9(10)5-3-6-9/h2-6,10H2,1H3. The Hall–Kier alpha value is -0.900. The molecule has 1 aromatic heterocycles. The zero-order valence-corrected chi connectivity index (χ0v) is 7.92. The van der Waals surface area contributed by atoms with Gasteiger partial charge in [-0.15, -0.1) is 0 Å². The van der Waals surface area contributed by atoms with Crippen LogP contribution in [0.4, 0.5) is 0 Å². The lowest BCUT2D eigenvalue weighted by Crippen LogP contribution is -2.43. The van der Waals surface area contributed by atoms with E-state index in [1.54, 1.807) is 0 Å². The van der Waals surface area contributed by atoms with Gasteiger partial charge in [-0.05, 0) is 25.7 Å². The van der Waals surface area contributed by atoms with Crippen molar-refractivity contribution in [1.29, 1.82) is 0 Å². The summed E-state index contributed by atoms with van der Waals surface area (Å²) in [6.07, 6.45) is 5.03. The maximum atomic E-state index is 6.04. The maximum Gasteiger partial charge on any atom is 0.246 e. The van der Waals surface area contributed by atoms with Crippen molar-refractivity contribution < 1.29 is 4.52 Å². The molecule has 0 spiro atoms. The summed E-state index contributed by atoms with van der Waals surface area (Å²) in [6, 6.07) is 0. The molecule has 1 saturated carbocycles. The topological polar surface area (TPSA) is 64.9 Å². The molecule has 1 fully saturated rings. The number of nitrogens with zero attached hydrogens (tertiary/aromatic N) is 2. The molecule has 0 unspecified atom stereocenters. The summed E-state index contributed by atoms with van der Waals surface area (Å²) < 4.78 is 5.14. The van der Waals surface area contributed by atoms with Gasteiger partial charge in [-0.2, -0.15) is 4.98 Å². The minimum atomic E-state index is -0.307. The van der Waals surface area contributed by atoms with Gasteiger partial charge in [-0.1, -0.05) is 12.1 Å². The molecule has 0 amide bonds. The summed E-state index contributed by atoms with van der Waals surface area (Å²) in [5.41, 5.74) is 5.73. The molecule has 1 aliphatic rings. The third-order valence-corrected chi connectivity index (χ3v) is 2.61. The van der Waals surface area contributed by atoms with Crippen molar-refractivity contribution in [2.45, 2.75) is 44.6 Å². The highest BCUT2D eigenvalue weighted by Gasteiger charge is 2.39. The Morgan fingerprint density at radius 3 is 2.85 bits per heavy atom. The Bertz CT molecular complexity index is 291. The number of nitrogens with two attached hydrogens (primary N) is 1. The fourth-order valence-electron chi connectivity index (χ4n) is 1.55. The smallest absolute Gasteiger partial charge is 0.246 e. The van der Waals surface area contributed by atoms with Crippen molar-refractivity contribution in [2.24, 2.45) is 5.73 Å². The van der Waals surface area contributed by atoms with Crippen LogP contribution in [0.25, 0.3) is 0 Å². The molecule has 4 nitrogen and oxygen atoms in total. The van der Waals surface area contributed by atoms with Crippen LogP contribution in [0, 0.1) is 0 Å². The summed E-state index contributed by atoms with van der Waals surface area (Å²) in [5, 5.41) is 3.89. The zero-order chi connectivity index (χ0) is 9.31. The van der Waals surface area contributed by atoms with Crippen LogP contribution in [-0.4, -0.2) is 10.1 Å². The molecule has 4 heteroatoms. The second-order valence-electron chi connectivity index (χ2n) is 3.78. The average molecular weight is 181 g/mol. The zero-order valence-electron chi connectivity index (χ0n) is 7.92. The van der Waals surface area contributed by atoms with Crippen LogP contribution in [0.3, 0.4) is 0 Å². The van der Waals surface area contributed by atoms with Crippen LogP contribution < -0.4 is 5.73 Å². The second kappa shape index (κ2) is 3.10. The van der Waals surface area contributed by atoms with Gasteiger partial charge < -0.3 is 10.3 Å². The van der Waals surface area contributed by atoms with Crippen LogP contribution in [0.2, 0.25) is 0 Å². The highest BCUT2D eigenvalue weighted by molar-refractivity contribution is 5.06. The Morgan fingerprint density at radius 2 is 2.31 bits per heavy atom. The van der Waals surface area contributed by atoms with E-state index in [1.165, 1.54) is 6.42 Å². The first-order valence-electron chi connectivity index (χ1n) is 4.86. The number of rotatable bonds is 3. The quantitative estimate of drug-likeness (QED) is 0.764. The van der Waals surface area contributed by atoms with Gasteiger partial charge in [-0.3, -0.25) is 0 Å². The molecule has 0 aromatic carbocycles. The summed E-state index contributed by atoms with van der Waals surface area (Å²) in [4.78, 5) is 4.29. The predicted octanol–water partition coefficient (Wildman–Crippen LogP) is 1.36. The fourth-order valence-corrected chi connectivity index (χ4v) is 1.55. The first kappa shape index (κ1) is 8.69. The molecule has 0 bridgehead atoms. The van der Waals surface area contributed by atoms with E-state index in [0.717, 1.165) is 31.5 Å². The summed E-state index contributed by atoms with van der Waals surface area (Å²) >= 11 is 0. The van der Waals surface area contributed by atoms with Gasteiger partial charge >= 0.3 is 0 Å². The third kappa shape index (κ3) is 1.46. The first-order valence-corrected chi connectivity index (χ1v) is 4.86. The van der Waals surface area contributed by atoms with Crippen molar-refractivity contribution in [2.75, 3.05) is 0 Å². The van der Waals surface area contributed by atoms with E-state index in [-0.39, 0.29) is 5.54 Å². The molecule has 1 aromatic rings. The van der Waals surface area contributed by atoms with Crippen molar-refractivity contribution in [3.05, 3.63) is 11.7 Å². The van der Waals surface area contributed by atoms with E-state index in [0.29, 0.717) is 5.89 Å². The minimum Gasteiger partial charge on any atom is -0.337 e. The van der Waals surface area contributed by atoms with Crippen LogP contribution in [-0.2, 0) is 12.0 Å². The highest BCUT2D eigenvalue weighted by atomic mass is 16.5. The van der Waals surface area contributed by atoms with Gasteiger partial charge in [-0.25, -0.2) is 0 Å². The van der Waals surface area contributed by atoms with Crippen LogP contribution >= 0.6 is 0 Å². The van der Waals surface area contributed by atoms with Crippen LogP contribution in [0.1, 0.15) is 44.3 Å². The molecular formula is C9H15N3O. The first-order chi connectivity index (χ1) is 6.24. The van der Waals surface area contributed by atoms with Crippen molar-refractivity contribution >= 4 is 0 Å². The van der Waals surface area contributed by atoms with Gasteiger partial charge in [0.15, 0.2) is 5.82 Å². The minimum absolute atomic E-state index is 0.307. The van der Waals surface area contributed by atoms with Crippen molar-refractivity contribution in [3.8, 4) is 0 Å². The Kier molecular flexibility index (Phi) is 2.07. The van der Waals surface area contributed by atoms with Gasteiger partial charge in [0.05, 0.1) is 5.54 Å². The van der Waals surface area contributed by atoms with Gasteiger partial charge in [0.25, 0.3) is 0 Å². The van der Waals surface area contributed by atoms with Crippen LogP contribution in [0.15, 0.2) is 4.52 Å². The van der Waals surface area contributed by atoms with Crippen LogP contribution in [0.5, 0.6) is 0 Å². The molecule has 1 aliphatic carbocycles. The van der Waals surface area contributed by atoms with E-state index in [2.05, 4.69) is 17.1 Å². The molecule has 0 radical (unpaired) electrons. The van der Waals surface area contributed by atoms with Crippen molar-refractivity contribution in [3.63, 3.8) is 0 Å². The number of aryl methyl sites for hydroxylation is 1. The molecule has 72 valence electrons. The van der Waals surface area contributed by atoms with E-state index in [1.807, 2.05) is 0 Å². The largest absolute Gasteiger partial charge is 0.337 e. The van der Waals surface area contributed by atoms with Gasteiger partial charge in [0, 0.05) is 6.42 Å². The lowest BCUT2D eigenvalue weighted by Gasteiger charge is -2.33. The number of hydrogen-bond donors (Lipinski definition) is 1. The molecule has 2 rings (SSSR count). The summed E-state index contributed by atoms with van der Waals surface area (Å²) in [6.45, 7) is 2.09. The lowest BCUT2D eigenvalue weighted by molar-refractivity contribution is 0.181. The molecule has 0 aliphatic heterocycles. The second-order valence-corrected chi connectivity index (χ2v) is 3.78. The van der Waals surface area contributed by atoms with E-state index in [4.69, 9.17) is 10.3 Å². The average Bonchev–Trinajstić information content (AvgIpc) is 2.50. The molecule has 0 saturated heterocycles. The predicted molar refractivity (Wildman–Crippen MR) is 48.0 cm³/mol. The summed E-state index contributed by atoms with van der Waals surface area (Å²) in [5.74, 6) is 1.41. The van der Waals surface area contributed by atoms with E-state index in [9.17, 15) is 0 Å². The Morgan fingerprint density at radius 1 is 1.54 bits per heavy atom. The Balaban J connectivity index is 2.12. The molecule has 0 atom stereocenters. The fraction of sp³-hybridized carbons (Fsp3) is 0.778. The van der Waals surface area contributed by atoms with Crippen molar-refractivity contribution in [1.82, 2.24) is 10.1 Å². The number of hydrogen-bond acceptors (Lipinski definition) is 4. The Labute approximate surface area is 77.5 Å². The van der Waals surface area contributed by atoms with Gasteiger partial charge in [0.2, 0.25) is 5.89 Å².